The van der Waals surface area contributed by atoms with Gasteiger partial charge in [-0.05, 0) is 18.3 Å². The quantitative estimate of drug-likeness (QED) is 0.628. The van der Waals surface area contributed by atoms with Gasteiger partial charge in [-0.15, -0.1) is 0 Å². The van der Waals surface area contributed by atoms with Crippen molar-refractivity contribution in [1.82, 2.24) is 9.78 Å². The molecule has 0 saturated heterocycles. The average molecular weight is 165 g/mol. The molecule has 1 aliphatic carbocycles. The van der Waals surface area contributed by atoms with Crippen LogP contribution in [0.1, 0.15) is 31.5 Å². The molecule has 0 unspecified atom stereocenters. The van der Waals surface area contributed by atoms with E-state index in [1.54, 1.807) is 4.68 Å². The second-order valence-electron chi connectivity index (χ2n) is 4.21. The van der Waals surface area contributed by atoms with Gasteiger partial charge in [-0.25, -0.2) is 0 Å². The van der Waals surface area contributed by atoms with E-state index in [2.05, 4.69) is 18.9 Å². The predicted octanol–water partition coefficient (Wildman–Crippen LogP) is 1.23. The number of aromatic nitrogens is 2. The minimum atomic E-state index is 0.230. The minimum Gasteiger partial charge on any atom is -0.384 e. The third-order valence-electron chi connectivity index (χ3n) is 2.83. The Hall–Kier alpha value is -0.990. The molecule has 0 saturated carbocycles. The number of hydrogen-bond acceptors (Lipinski definition) is 2. The maximum absolute atomic E-state index is 5.93. The van der Waals surface area contributed by atoms with E-state index in [-0.39, 0.29) is 5.41 Å². The normalized spacial score (nSPS) is 19.6. The third-order valence-corrected chi connectivity index (χ3v) is 2.83. The van der Waals surface area contributed by atoms with Crippen molar-refractivity contribution >= 4 is 5.82 Å². The lowest BCUT2D eigenvalue weighted by atomic mass is 9.87. The number of aryl methyl sites for hydroxylation is 2. The molecule has 0 aromatic carbocycles. The van der Waals surface area contributed by atoms with Crippen molar-refractivity contribution in [3.63, 3.8) is 0 Å². The Morgan fingerprint density at radius 1 is 1.50 bits per heavy atom. The Morgan fingerprint density at radius 3 is 2.75 bits per heavy atom. The number of rotatable bonds is 0. The van der Waals surface area contributed by atoms with Crippen molar-refractivity contribution in [2.45, 2.75) is 32.1 Å². The highest BCUT2D eigenvalue weighted by Gasteiger charge is 2.35. The van der Waals surface area contributed by atoms with Gasteiger partial charge < -0.3 is 5.73 Å². The van der Waals surface area contributed by atoms with Crippen LogP contribution in [0.2, 0.25) is 0 Å². The van der Waals surface area contributed by atoms with E-state index in [1.165, 1.54) is 17.7 Å². The van der Waals surface area contributed by atoms with Crippen molar-refractivity contribution in [3.8, 4) is 0 Å². The molecule has 0 radical (unpaired) electrons. The van der Waals surface area contributed by atoms with Crippen LogP contribution in [-0.4, -0.2) is 9.78 Å². The molecule has 1 aliphatic rings. The molecule has 0 aliphatic heterocycles. The maximum atomic E-state index is 5.93. The summed E-state index contributed by atoms with van der Waals surface area (Å²) >= 11 is 0. The Bertz CT molecular complexity index is 323. The summed E-state index contributed by atoms with van der Waals surface area (Å²) in [6.45, 7) is 4.47. The number of hydrogen-bond donors (Lipinski definition) is 1. The van der Waals surface area contributed by atoms with Crippen LogP contribution in [-0.2, 0) is 18.9 Å². The number of nitrogens with two attached hydrogens (primary N) is 1. The molecule has 12 heavy (non-hydrogen) atoms. The summed E-state index contributed by atoms with van der Waals surface area (Å²) < 4.78 is 1.78. The topological polar surface area (TPSA) is 43.8 Å². The van der Waals surface area contributed by atoms with Gasteiger partial charge in [-0.1, -0.05) is 13.8 Å². The summed E-state index contributed by atoms with van der Waals surface area (Å²) in [5, 5.41) is 4.38. The van der Waals surface area contributed by atoms with E-state index in [0.717, 1.165) is 12.2 Å². The first kappa shape index (κ1) is 7.65. The smallest absolute Gasteiger partial charge is 0.125 e. The van der Waals surface area contributed by atoms with Crippen molar-refractivity contribution in [3.05, 3.63) is 11.3 Å². The molecule has 0 spiro atoms. The molecule has 66 valence electrons. The second kappa shape index (κ2) is 2.03. The van der Waals surface area contributed by atoms with Crippen LogP contribution < -0.4 is 5.73 Å². The largest absolute Gasteiger partial charge is 0.384 e. The van der Waals surface area contributed by atoms with Gasteiger partial charge in [0.2, 0.25) is 0 Å². The minimum absolute atomic E-state index is 0.230. The zero-order valence-electron chi connectivity index (χ0n) is 7.89. The summed E-state index contributed by atoms with van der Waals surface area (Å²) in [6, 6.07) is 0. The van der Waals surface area contributed by atoms with Gasteiger partial charge in [-0.3, -0.25) is 4.68 Å². The van der Waals surface area contributed by atoms with Gasteiger partial charge in [0.15, 0.2) is 0 Å². The SMILES string of the molecule is Cn1nc2c(c1N)C(C)(C)CC2. The van der Waals surface area contributed by atoms with Crippen LogP contribution >= 0.6 is 0 Å². The monoisotopic (exact) mass is 165 g/mol. The molecular formula is C9H15N3. The maximum Gasteiger partial charge on any atom is 0.125 e. The first-order chi connectivity index (χ1) is 5.52. The molecule has 2 N–H and O–H groups in total. The zero-order valence-corrected chi connectivity index (χ0v) is 7.89. The molecule has 0 amide bonds. The summed E-state index contributed by atoms with van der Waals surface area (Å²) in [5.74, 6) is 0.840. The Balaban J connectivity index is 2.63. The fourth-order valence-corrected chi connectivity index (χ4v) is 2.06. The second-order valence-corrected chi connectivity index (χ2v) is 4.21. The summed E-state index contributed by atoms with van der Waals surface area (Å²) in [7, 11) is 1.91. The Labute approximate surface area is 72.6 Å². The fraction of sp³-hybridized carbons (Fsp3) is 0.667. The molecule has 0 bridgehead atoms. The molecule has 2 rings (SSSR count). The number of fused-ring (bicyclic) bond motifs is 1. The fourth-order valence-electron chi connectivity index (χ4n) is 2.06. The van der Waals surface area contributed by atoms with Crippen molar-refractivity contribution in [2.24, 2.45) is 7.05 Å². The van der Waals surface area contributed by atoms with Crippen molar-refractivity contribution in [2.75, 3.05) is 5.73 Å². The number of nitrogens with zero attached hydrogens (tertiary/aromatic N) is 2. The molecule has 1 aromatic rings. The summed E-state index contributed by atoms with van der Waals surface area (Å²) in [4.78, 5) is 0. The van der Waals surface area contributed by atoms with E-state index in [1.807, 2.05) is 7.05 Å². The first-order valence-electron chi connectivity index (χ1n) is 4.34. The summed E-state index contributed by atoms with van der Waals surface area (Å²) in [6.07, 6.45) is 2.25. The number of anilines is 1. The van der Waals surface area contributed by atoms with Gasteiger partial charge in [-0.2, -0.15) is 5.10 Å². The summed E-state index contributed by atoms with van der Waals surface area (Å²) in [5.41, 5.74) is 8.62. The highest BCUT2D eigenvalue weighted by molar-refractivity contribution is 5.50. The van der Waals surface area contributed by atoms with Gasteiger partial charge in [0.25, 0.3) is 0 Å². The molecule has 3 heteroatoms. The molecule has 0 atom stereocenters. The average Bonchev–Trinajstić information content (AvgIpc) is 2.39. The van der Waals surface area contributed by atoms with Crippen LogP contribution in [0.5, 0.6) is 0 Å². The van der Waals surface area contributed by atoms with Crippen LogP contribution in [0.25, 0.3) is 0 Å². The highest BCUT2D eigenvalue weighted by atomic mass is 15.3. The first-order valence-corrected chi connectivity index (χ1v) is 4.34. The standard InChI is InChI=1S/C9H15N3/c1-9(2)5-4-6-7(9)8(10)12(3)11-6/h4-5,10H2,1-3H3. The van der Waals surface area contributed by atoms with Gasteiger partial charge >= 0.3 is 0 Å². The zero-order chi connectivity index (χ0) is 8.93. The highest BCUT2D eigenvalue weighted by Crippen LogP contribution is 2.40. The van der Waals surface area contributed by atoms with Crippen LogP contribution in [0, 0.1) is 0 Å². The predicted molar refractivity (Wildman–Crippen MR) is 49.0 cm³/mol. The van der Waals surface area contributed by atoms with Gasteiger partial charge in [0, 0.05) is 12.6 Å². The van der Waals surface area contributed by atoms with E-state index in [9.17, 15) is 0 Å². The van der Waals surface area contributed by atoms with Gasteiger partial charge in [0.1, 0.15) is 5.82 Å². The lowest BCUT2D eigenvalue weighted by Crippen LogP contribution is -2.14. The van der Waals surface area contributed by atoms with Crippen LogP contribution in [0.3, 0.4) is 0 Å². The van der Waals surface area contributed by atoms with Gasteiger partial charge in [0.05, 0.1) is 5.69 Å². The third kappa shape index (κ3) is 0.792. The van der Waals surface area contributed by atoms with E-state index >= 15 is 0 Å². The molecule has 1 aromatic heterocycles. The van der Waals surface area contributed by atoms with Crippen molar-refractivity contribution < 1.29 is 0 Å². The molecule has 1 heterocycles. The van der Waals surface area contributed by atoms with Crippen molar-refractivity contribution in [1.29, 1.82) is 0 Å². The molecular weight excluding hydrogens is 150 g/mol. The number of nitrogen functional groups attached to an aromatic ring is 1. The van der Waals surface area contributed by atoms with E-state index < -0.39 is 0 Å². The van der Waals surface area contributed by atoms with Crippen LogP contribution in [0.15, 0.2) is 0 Å². The molecule has 0 fully saturated rings. The lowest BCUT2D eigenvalue weighted by Gasteiger charge is -2.18. The Morgan fingerprint density at radius 2 is 2.17 bits per heavy atom. The molecule has 3 nitrogen and oxygen atoms in total. The van der Waals surface area contributed by atoms with E-state index in [4.69, 9.17) is 5.73 Å². The van der Waals surface area contributed by atoms with Crippen LogP contribution in [0.4, 0.5) is 5.82 Å². The lowest BCUT2D eigenvalue weighted by molar-refractivity contribution is 0.517. The Kier molecular flexibility index (Phi) is 1.29. The van der Waals surface area contributed by atoms with E-state index in [0.29, 0.717) is 0 Å².